The normalized spacial score (nSPS) is 19.3. The maximum Gasteiger partial charge on any atom is 0.396 e. The highest BCUT2D eigenvalue weighted by molar-refractivity contribution is 5.92. The molecule has 1 aromatic carbocycles. The number of primary amides is 1. The van der Waals surface area contributed by atoms with Crippen LogP contribution in [0.15, 0.2) is 36.0 Å². The van der Waals surface area contributed by atoms with Gasteiger partial charge in [0.1, 0.15) is 0 Å². The van der Waals surface area contributed by atoms with Gasteiger partial charge in [-0.15, -0.1) is 0 Å². The number of nitrogens with two attached hydrogens (primary N) is 1. The van der Waals surface area contributed by atoms with Gasteiger partial charge in [-0.3, -0.25) is 4.79 Å². The van der Waals surface area contributed by atoms with Crippen molar-refractivity contribution in [1.82, 2.24) is 4.90 Å². The van der Waals surface area contributed by atoms with E-state index in [2.05, 4.69) is 0 Å². The summed E-state index contributed by atoms with van der Waals surface area (Å²) in [7, 11) is 0. The van der Waals surface area contributed by atoms with Crippen LogP contribution in [0.5, 0.6) is 0 Å². The molecule has 3 nitrogen and oxygen atoms in total. The van der Waals surface area contributed by atoms with Gasteiger partial charge in [0, 0.05) is 24.9 Å². The molecule has 0 aromatic heterocycles. The van der Waals surface area contributed by atoms with Crippen LogP contribution in [-0.2, 0) is 11.3 Å². The second-order valence-electron chi connectivity index (χ2n) is 5.23. The van der Waals surface area contributed by atoms with E-state index in [0.717, 1.165) is 11.1 Å². The fourth-order valence-electron chi connectivity index (χ4n) is 2.51. The number of nitrogens with zero attached hydrogens (tertiary/aromatic N) is 1. The van der Waals surface area contributed by atoms with Crippen molar-refractivity contribution >= 4 is 5.91 Å². The summed E-state index contributed by atoms with van der Waals surface area (Å²) in [6, 6.07) is 7.64. The lowest BCUT2D eigenvalue weighted by atomic mass is 9.91. The quantitative estimate of drug-likeness (QED) is 0.932. The van der Waals surface area contributed by atoms with Crippen molar-refractivity contribution in [3.63, 3.8) is 0 Å². The third kappa shape index (κ3) is 3.56. The monoisotopic (exact) mass is 298 g/mol. The molecule has 6 heteroatoms. The van der Waals surface area contributed by atoms with Crippen molar-refractivity contribution in [3.05, 3.63) is 47.2 Å². The van der Waals surface area contributed by atoms with Crippen LogP contribution in [-0.4, -0.2) is 23.5 Å². The number of carbonyl (C=O) groups excluding carboxylic acids is 1. The van der Waals surface area contributed by atoms with Crippen LogP contribution in [0.25, 0.3) is 0 Å². The van der Waals surface area contributed by atoms with E-state index >= 15 is 0 Å². The second-order valence-corrected chi connectivity index (χ2v) is 5.23. The Labute approximate surface area is 121 Å². The molecular weight excluding hydrogens is 281 g/mol. The fourth-order valence-corrected chi connectivity index (χ4v) is 2.51. The first-order chi connectivity index (χ1) is 9.79. The van der Waals surface area contributed by atoms with Crippen molar-refractivity contribution in [2.75, 3.05) is 6.54 Å². The Kier molecular flexibility index (Phi) is 4.25. The molecule has 0 aliphatic carbocycles. The molecule has 0 fully saturated rings. The molecule has 114 valence electrons. The zero-order valence-corrected chi connectivity index (χ0v) is 11.7. The predicted molar refractivity (Wildman–Crippen MR) is 73.0 cm³/mol. The van der Waals surface area contributed by atoms with Crippen LogP contribution in [0.2, 0.25) is 0 Å². The van der Waals surface area contributed by atoms with E-state index < -0.39 is 18.0 Å². The number of hydrogen-bond donors (Lipinski definition) is 1. The number of hydrogen-bond acceptors (Lipinski definition) is 2. The van der Waals surface area contributed by atoms with Gasteiger partial charge in [0.25, 0.3) is 0 Å². The number of halogens is 3. The molecule has 2 N–H and O–H groups in total. The van der Waals surface area contributed by atoms with Crippen LogP contribution in [0.4, 0.5) is 13.2 Å². The molecule has 0 bridgehead atoms. The van der Waals surface area contributed by atoms with Gasteiger partial charge in [-0.1, -0.05) is 24.3 Å². The number of alkyl halides is 3. The Hall–Kier alpha value is -1.98. The first-order valence-electron chi connectivity index (χ1n) is 6.66. The molecule has 1 atom stereocenters. The Balaban J connectivity index is 2.23. The van der Waals surface area contributed by atoms with Gasteiger partial charge < -0.3 is 10.6 Å². The second kappa shape index (κ2) is 5.79. The number of amides is 1. The van der Waals surface area contributed by atoms with E-state index in [-0.39, 0.29) is 18.5 Å². The van der Waals surface area contributed by atoms with E-state index in [9.17, 15) is 18.0 Å². The molecule has 0 radical (unpaired) electrons. The summed E-state index contributed by atoms with van der Waals surface area (Å²) in [4.78, 5) is 13.0. The Bertz CT molecular complexity index is 566. The standard InChI is InChI=1S/C15H17F3N2O/c1-10-4-2-3-5-11(10)8-20-7-6-13(15(16,17)18)12(9-20)14(19)21/h2-5,9,13H,6-8H2,1H3,(H2,19,21)/t13-/m0/s1. The smallest absolute Gasteiger partial charge is 0.373 e. The van der Waals surface area contributed by atoms with Gasteiger partial charge >= 0.3 is 6.18 Å². The summed E-state index contributed by atoms with van der Waals surface area (Å²) < 4.78 is 38.7. The average molecular weight is 298 g/mol. The largest absolute Gasteiger partial charge is 0.396 e. The summed E-state index contributed by atoms with van der Waals surface area (Å²) in [5, 5.41) is 0. The molecule has 1 aliphatic rings. The lowest BCUT2D eigenvalue weighted by molar-refractivity contribution is -0.170. The number of rotatable bonds is 3. The van der Waals surface area contributed by atoms with Crippen molar-refractivity contribution in [1.29, 1.82) is 0 Å². The molecule has 1 aliphatic heterocycles. The zero-order chi connectivity index (χ0) is 15.6. The van der Waals surface area contributed by atoms with Crippen molar-refractivity contribution in [2.45, 2.75) is 26.1 Å². The maximum absolute atomic E-state index is 12.9. The molecule has 0 saturated heterocycles. The van der Waals surface area contributed by atoms with Gasteiger partial charge in [0.2, 0.25) is 5.91 Å². The van der Waals surface area contributed by atoms with Crippen LogP contribution < -0.4 is 5.73 Å². The molecule has 1 amide bonds. The summed E-state index contributed by atoms with van der Waals surface area (Å²) >= 11 is 0. The minimum absolute atomic E-state index is 0.149. The Morgan fingerprint density at radius 3 is 2.62 bits per heavy atom. The van der Waals surface area contributed by atoms with Crippen molar-refractivity contribution < 1.29 is 18.0 Å². The number of carbonyl (C=O) groups is 1. The summed E-state index contributed by atoms with van der Waals surface area (Å²) in [5.74, 6) is -2.77. The lowest BCUT2D eigenvalue weighted by Gasteiger charge is -2.32. The highest BCUT2D eigenvalue weighted by atomic mass is 19.4. The highest BCUT2D eigenvalue weighted by Gasteiger charge is 2.45. The van der Waals surface area contributed by atoms with Gasteiger partial charge in [-0.25, -0.2) is 0 Å². The molecule has 0 saturated carbocycles. The van der Waals surface area contributed by atoms with Crippen LogP contribution in [0.1, 0.15) is 17.5 Å². The summed E-state index contributed by atoms with van der Waals surface area (Å²) in [5.41, 5.74) is 6.82. The minimum Gasteiger partial charge on any atom is -0.373 e. The number of benzene rings is 1. The van der Waals surface area contributed by atoms with Crippen molar-refractivity contribution in [3.8, 4) is 0 Å². The van der Waals surface area contributed by atoms with Crippen LogP contribution in [0, 0.1) is 12.8 Å². The molecule has 1 heterocycles. The Morgan fingerprint density at radius 1 is 1.38 bits per heavy atom. The summed E-state index contributed by atoms with van der Waals surface area (Å²) in [6.07, 6.45) is -3.32. The van der Waals surface area contributed by atoms with Gasteiger partial charge in [-0.05, 0) is 24.5 Å². The molecular formula is C15H17F3N2O. The van der Waals surface area contributed by atoms with Crippen LogP contribution in [0.3, 0.4) is 0 Å². The van der Waals surface area contributed by atoms with E-state index in [0.29, 0.717) is 6.54 Å². The topological polar surface area (TPSA) is 46.3 Å². The van der Waals surface area contributed by atoms with Gasteiger partial charge in [0.15, 0.2) is 0 Å². The first-order valence-corrected chi connectivity index (χ1v) is 6.66. The zero-order valence-electron chi connectivity index (χ0n) is 11.7. The average Bonchev–Trinajstić information content (AvgIpc) is 2.40. The van der Waals surface area contributed by atoms with Crippen molar-refractivity contribution in [2.24, 2.45) is 11.7 Å². The third-order valence-electron chi connectivity index (χ3n) is 3.72. The molecule has 2 rings (SSSR count). The summed E-state index contributed by atoms with van der Waals surface area (Å²) in [6.45, 7) is 2.65. The lowest BCUT2D eigenvalue weighted by Crippen LogP contribution is -2.39. The molecule has 0 unspecified atom stereocenters. The fraction of sp³-hybridized carbons (Fsp3) is 0.400. The first kappa shape index (κ1) is 15.4. The van der Waals surface area contributed by atoms with E-state index in [1.54, 1.807) is 4.90 Å². The number of aryl methyl sites for hydroxylation is 1. The van der Waals surface area contributed by atoms with E-state index in [4.69, 9.17) is 5.73 Å². The highest BCUT2D eigenvalue weighted by Crippen LogP contribution is 2.37. The molecule has 21 heavy (non-hydrogen) atoms. The van der Waals surface area contributed by atoms with E-state index in [1.807, 2.05) is 31.2 Å². The minimum atomic E-state index is -4.43. The van der Waals surface area contributed by atoms with E-state index in [1.165, 1.54) is 6.20 Å². The SMILES string of the molecule is Cc1ccccc1CN1C=C(C(N)=O)[C@@H](C(F)(F)F)CC1. The Morgan fingerprint density at radius 2 is 2.05 bits per heavy atom. The predicted octanol–water partition coefficient (Wildman–Crippen LogP) is 2.75. The third-order valence-corrected chi connectivity index (χ3v) is 3.72. The van der Waals surface area contributed by atoms with Gasteiger partial charge in [-0.2, -0.15) is 13.2 Å². The van der Waals surface area contributed by atoms with Gasteiger partial charge in [0.05, 0.1) is 5.92 Å². The van der Waals surface area contributed by atoms with Crippen LogP contribution >= 0.6 is 0 Å². The molecule has 1 aromatic rings. The maximum atomic E-state index is 12.9. The molecule has 0 spiro atoms.